The van der Waals surface area contributed by atoms with E-state index in [1.165, 1.54) is 0 Å². The van der Waals surface area contributed by atoms with Crippen LogP contribution in [-0.4, -0.2) is 23.3 Å². The first-order valence-corrected chi connectivity index (χ1v) is 8.96. The van der Waals surface area contributed by atoms with Gasteiger partial charge in [0.05, 0.1) is 0 Å². The normalized spacial score (nSPS) is 10.7. The molecule has 0 aliphatic rings. The predicted octanol–water partition coefficient (Wildman–Crippen LogP) is 3.62. The number of nitrogens with two attached hydrogens (primary N) is 1. The molecule has 2 rings (SSSR count). The van der Waals surface area contributed by atoms with Crippen molar-refractivity contribution >= 4 is 29.1 Å². The van der Waals surface area contributed by atoms with Crippen LogP contribution in [0.5, 0.6) is 11.5 Å². The van der Waals surface area contributed by atoms with Gasteiger partial charge in [0.15, 0.2) is 5.11 Å². The maximum Gasteiger partial charge on any atom is 0.167 e. The van der Waals surface area contributed by atoms with Crippen molar-refractivity contribution in [3.05, 3.63) is 59.8 Å². The first-order valence-electron chi connectivity index (χ1n) is 8.55. The van der Waals surface area contributed by atoms with E-state index >= 15 is 0 Å². The smallest absolute Gasteiger partial charge is 0.167 e. The quantitative estimate of drug-likeness (QED) is 0.616. The molecule has 26 heavy (non-hydrogen) atoms. The van der Waals surface area contributed by atoms with Gasteiger partial charge in [-0.2, -0.15) is 0 Å². The molecule has 0 amide bonds. The van der Waals surface area contributed by atoms with Crippen molar-refractivity contribution < 1.29 is 9.84 Å². The molecule has 5 nitrogen and oxygen atoms in total. The summed E-state index contributed by atoms with van der Waals surface area (Å²) in [4.78, 5) is 2.26. The number of thiocarbonyl (C=S) groups is 1. The first-order chi connectivity index (χ1) is 12.5. The largest absolute Gasteiger partial charge is 0.508 e. The first kappa shape index (κ1) is 19.6. The van der Waals surface area contributed by atoms with E-state index in [2.05, 4.69) is 30.1 Å². The second-order valence-electron chi connectivity index (χ2n) is 5.69. The average Bonchev–Trinajstić information content (AvgIpc) is 2.63. The van der Waals surface area contributed by atoms with E-state index in [1.807, 2.05) is 30.3 Å². The molecular weight excluding hydrogens is 346 g/mol. The lowest BCUT2D eigenvalue weighted by molar-refractivity contribution is 0.305. The van der Waals surface area contributed by atoms with E-state index in [-0.39, 0.29) is 10.9 Å². The summed E-state index contributed by atoms with van der Waals surface area (Å²) in [5.41, 5.74) is 8.46. The van der Waals surface area contributed by atoms with Crippen molar-refractivity contribution in [2.45, 2.75) is 20.5 Å². The molecule has 0 fully saturated rings. The Morgan fingerprint density at radius 3 is 2.50 bits per heavy atom. The number of rotatable bonds is 8. The van der Waals surface area contributed by atoms with Crippen LogP contribution in [0.4, 0.5) is 5.69 Å². The van der Waals surface area contributed by atoms with Gasteiger partial charge in [0.1, 0.15) is 18.1 Å². The van der Waals surface area contributed by atoms with E-state index < -0.39 is 0 Å². The van der Waals surface area contributed by atoms with Gasteiger partial charge < -0.3 is 25.8 Å². The summed E-state index contributed by atoms with van der Waals surface area (Å²) in [6, 6.07) is 13.1. The number of aromatic hydroxyl groups is 1. The third kappa shape index (κ3) is 5.67. The van der Waals surface area contributed by atoms with Gasteiger partial charge in [-0.05, 0) is 62.0 Å². The molecule has 0 unspecified atom stereocenters. The van der Waals surface area contributed by atoms with Crippen molar-refractivity contribution in [2.75, 3.05) is 18.0 Å². The molecule has 0 saturated carbocycles. The SMILES string of the molecule is CCN(CC)c1ccc(/C=C/NC(N)=S)c(OCc2ccc(O)cc2)c1. The van der Waals surface area contributed by atoms with Crippen LogP contribution in [0.3, 0.4) is 0 Å². The molecule has 0 aliphatic heterocycles. The molecule has 4 N–H and O–H groups in total. The van der Waals surface area contributed by atoms with Gasteiger partial charge >= 0.3 is 0 Å². The molecule has 0 aliphatic carbocycles. The van der Waals surface area contributed by atoms with Crippen LogP contribution in [0.25, 0.3) is 6.08 Å². The lowest BCUT2D eigenvalue weighted by Crippen LogP contribution is -2.23. The molecule has 0 radical (unpaired) electrons. The number of phenols is 1. The third-order valence-corrected chi connectivity index (χ3v) is 4.06. The van der Waals surface area contributed by atoms with Crippen molar-refractivity contribution in [3.8, 4) is 11.5 Å². The molecule has 138 valence electrons. The summed E-state index contributed by atoms with van der Waals surface area (Å²) < 4.78 is 6.05. The summed E-state index contributed by atoms with van der Waals surface area (Å²) in [5.74, 6) is 1.01. The third-order valence-electron chi connectivity index (χ3n) is 3.94. The van der Waals surface area contributed by atoms with Crippen molar-refractivity contribution in [2.24, 2.45) is 5.73 Å². The number of ether oxygens (including phenoxy) is 1. The Hall–Kier alpha value is -2.73. The molecule has 0 heterocycles. The molecule has 0 aromatic heterocycles. The van der Waals surface area contributed by atoms with Crippen LogP contribution in [0.1, 0.15) is 25.0 Å². The molecule has 0 bridgehead atoms. The monoisotopic (exact) mass is 371 g/mol. The number of benzene rings is 2. The highest BCUT2D eigenvalue weighted by Crippen LogP contribution is 2.28. The minimum absolute atomic E-state index is 0.215. The standard InChI is InChI=1S/C20H25N3O2S/c1-3-23(4-2)17-8-7-16(11-12-22-20(21)26)19(13-17)25-14-15-5-9-18(24)10-6-15/h5-13,24H,3-4,14H2,1-2H3,(H3,21,22,26)/b12-11+. The van der Waals surface area contributed by atoms with E-state index in [0.717, 1.165) is 35.7 Å². The topological polar surface area (TPSA) is 70.8 Å². The van der Waals surface area contributed by atoms with E-state index in [0.29, 0.717) is 6.61 Å². The van der Waals surface area contributed by atoms with Gasteiger partial charge in [0.25, 0.3) is 0 Å². The molecule has 0 atom stereocenters. The predicted molar refractivity (Wildman–Crippen MR) is 111 cm³/mol. The van der Waals surface area contributed by atoms with Crippen molar-refractivity contribution in [1.82, 2.24) is 5.32 Å². The highest BCUT2D eigenvalue weighted by molar-refractivity contribution is 7.80. The van der Waals surface area contributed by atoms with Crippen LogP contribution in [-0.2, 0) is 6.61 Å². The van der Waals surface area contributed by atoms with Gasteiger partial charge in [0.2, 0.25) is 0 Å². The maximum absolute atomic E-state index is 9.40. The number of nitrogens with one attached hydrogen (secondary N) is 1. The van der Waals surface area contributed by atoms with Gasteiger partial charge in [-0.25, -0.2) is 0 Å². The lowest BCUT2D eigenvalue weighted by atomic mass is 10.1. The second-order valence-corrected chi connectivity index (χ2v) is 6.13. The minimum Gasteiger partial charge on any atom is -0.508 e. The highest BCUT2D eigenvalue weighted by Gasteiger charge is 2.08. The Bertz CT molecular complexity index is 756. The molecule has 6 heteroatoms. The van der Waals surface area contributed by atoms with Crippen LogP contribution in [0, 0.1) is 0 Å². The Labute approximate surface area is 160 Å². The maximum atomic E-state index is 9.40. The number of phenolic OH excluding ortho intramolecular Hbond substituents is 1. The van der Waals surface area contributed by atoms with Gasteiger partial charge in [-0.15, -0.1) is 0 Å². The Morgan fingerprint density at radius 1 is 1.19 bits per heavy atom. The zero-order valence-corrected chi connectivity index (χ0v) is 15.9. The zero-order chi connectivity index (χ0) is 18.9. The Kier molecular flexibility index (Phi) is 7.29. The van der Waals surface area contributed by atoms with E-state index in [1.54, 1.807) is 18.3 Å². The fraction of sp³-hybridized carbons (Fsp3) is 0.250. The fourth-order valence-corrected chi connectivity index (χ4v) is 2.61. The van der Waals surface area contributed by atoms with E-state index in [4.69, 9.17) is 22.7 Å². The summed E-state index contributed by atoms with van der Waals surface area (Å²) in [5, 5.41) is 12.4. The van der Waals surface area contributed by atoms with Gasteiger partial charge in [0, 0.05) is 36.6 Å². The number of hydrogen-bond donors (Lipinski definition) is 3. The zero-order valence-electron chi connectivity index (χ0n) is 15.1. The minimum atomic E-state index is 0.215. The fourth-order valence-electron chi connectivity index (χ4n) is 2.54. The van der Waals surface area contributed by atoms with Crippen molar-refractivity contribution in [1.29, 1.82) is 0 Å². The Balaban J connectivity index is 2.24. The lowest BCUT2D eigenvalue weighted by Gasteiger charge is -2.22. The molecular formula is C20H25N3O2S. The van der Waals surface area contributed by atoms with Crippen molar-refractivity contribution in [3.63, 3.8) is 0 Å². The van der Waals surface area contributed by atoms with Crippen LogP contribution < -0.4 is 20.7 Å². The molecule has 0 saturated heterocycles. The number of hydrogen-bond acceptors (Lipinski definition) is 4. The van der Waals surface area contributed by atoms with Crippen LogP contribution in [0.15, 0.2) is 48.7 Å². The number of anilines is 1. The summed E-state index contributed by atoms with van der Waals surface area (Å²) in [7, 11) is 0. The molecule has 0 spiro atoms. The number of nitrogens with zero attached hydrogens (tertiary/aromatic N) is 1. The average molecular weight is 372 g/mol. The summed E-state index contributed by atoms with van der Waals surface area (Å²) in [6.45, 7) is 6.50. The molecule has 2 aromatic carbocycles. The molecule has 2 aromatic rings. The van der Waals surface area contributed by atoms with Crippen LogP contribution >= 0.6 is 12.2 Å². The Morgan fingerprint density at radius 2 is 1.88 bits per heavy atom. The van der Waals surface area contributed by atoms with Gasteiger partial charge in [-0.3, -0.25) is 0 Å². The van der Waals surface area contributed by atoms with E-state index in [9.17, 15) is 5.11 Å². The van der Waals surface area contributed by atoms with Crippen LogP contribution in [0.2, 0.25) is 0 Å². The summed E-state index contributed by atoms with van der Waals surface area (Å²) in [6.07, 6.45) is 3.57. The summed E-state index contributed by atoms with van der Waals surface area (Å²) >= 11 is 4.81. The van der Waals surface area contributed by atoms with Gasteiger partial charge in [-0.1, -0.05) is 12.1 Å². The highest BCUT2D eigenvalue weighted by atomic mass is 32.1. The second kappa shape index (κ2) is 9.68.